The predicted molar refractivity (Wildman–Crippen MR) is 121 cm³/mol. The number of nitrogens with one attached hydrogen (secondary N) is 1. The molecule has 1 aromatic carbocycles. The fourth-order valence-electron chi connectivity index (χ4n) is 3.98. The lowest BCUT2D eigenvalue weighted by molar-refractivity contribution is 0.0498. The van der Waals surface area contributed by atoms with Crippen molar-refractivity contribution in [1.29, 1.82) is 0 Å². The number of carbonyl (C=O) groups is 1. The third kappa shape index (κ3) is 7.23. The van der Waals surface area contributed by atoms with Gasteiger partial charge in [0, 0.05) is 22.9 Å². The molecule has 0 saturated heterocycles. The fourth-order valence-corrected chi connectivity index (χ4v) is 4.67. The molecule has 0 aliphatic heterocycles. The maximum absolute atomic E-state index is 12.4. The minimum atomic E-state index is -0.299. The molecule has 1 aliphatic rings. The van der Waals surface area contributed by atoms with Gasteiger partial charge in [-0.1, -0.05) is 26.2 Å². The summed E-state index contributed by atoms with van der Waals surface area (Å²) in [4.78, 5) is 12.4. The Balaban J connectivity index is 1.96. The monoisotopic (exact) mass is 472 g/mol. The van der Waals surface area contributed by atoms with E-state index in [2.05, 4.69) is 28.2 Å². The van der Waals surface area contributed by atoms with Gasteiger partial charge in [-0.3, -0.25) is 0 Å². The first kappa shape index (κ1) is 23.5. The molecule has 0 heterocycles. The van der Waals surface area contributed by atoms with Crippen molar-refractivity contribution in [2.24, 2.45) is 5.92 Å². The van der Waals surface area contributed by atoms with Gasteiger partial charge in [-0.2, -0.15) is 0 Å². The number of alkyl halides is 1. The second-order valence-electron chi connectivity index (χ2n) is 7.71. The summed E-state index contributed by atoms with van der Waals surface area (Å²) >= 11 is 9.16. The number of halogens is 2. The number of hydrogen-bond acceptors (Lipinski definition) is 4. The Morgan fingerprint density at radius 2 is 2.04 bits per heavy atom. The normalized spacial score (nSPS) is 16.1. The van der Waals surface area contributed by atoms with Crippen LogP contribution in [0.3, 0.4) is 0 Å². The average Bonchev–Trinajstić information content (AvgIpc) is 2.71. The minimum Gasteiger partial charge on any atom is -0.462 e. The summed E-state index contributed by atoms with van der Waals surface area (Å²) < 4.78 is 6.14. The first-order chi connectivity index (χ1) is 13.6. The van der Waals surface area contributed by atoms with Gasteiger partial charge in [0.25, 0.3) is 0 Å². The smallest absolute Gasteiger partial charge is 0.338 e. The van der Waals surface area contributed by atoms with Crippen molar-refractivity contribution in [2.75, 3.05) is 18.2 Å². The average molecular weight is 474 g/mol. The van der Waals surface area contributed by atoms with Crippen LogP contribution in [0.15, 0.2) is 16.6 Å². The number of rotatable bonds is 11. The van der Waals surface area contributed by atoms with Crippen LogP contribution < -0.4 is 11.1 Å². The zero-order valence-electron chi connectivity index (χ0n) is 16.9. The summed E-state index contributed by atoms with van der Waals surface area (Å²) in [7, 11) is 0. The molecule has 2 rings (SSSR count). The van der Waals surface area contributed by atoms with Crippen molar-refractivity contribution < 1.29 is 9.53 Å². The molecule has 6 heteroatoms. The molecule has 1 aromatic rings. The standard InChI is InChI=1S/C22H34BrClN2O2/c1-2-20(16-9-5-3-6-10-16)26-15-18-13-17(14-19(23)21(18)25)22(27)28-12-8-4-7-11-24/h13-14,16,20,26H,2-12,15,25H2,1H3. The molecule has 0 aromatic heterocycles. The molecule has 1 fully saturated rings. The van der Waals surface area contributed by atoms with Crippen LogP contribution in [0.5, 0.6) is 0 Å². The Labute approximate surface area is 183 Å². The Morgan fingerprint density at radius 1 is 1.29 bits per heavy atom. The van der Waals surface area contributed by atoms with Gasteiger partial charge >= 0.3 is 5.97 Å². The highest BCUT2D eigenvalue weighted by Gasteiger charge is 2.22. The SMILES string of the molecule is CCC(NCc1cc(C(=O)OCCCCCCl)cc(Br)c1N)C1CCCCC1. The number of anilines is 1. The molecule has 0 bridgehead atoms. The lowest BCUT2D eigenvalue weighted by atomic mass is 9.83. The molecule has 1 unspecified atom stereocenters. The zero-order chi connectivity index (χ0) is 20.4. The predicted octanol–water partition coefficient (Wildman–Crippen LogP) is 6.05. The Hall–Kier alpha value is -0.780. The maximum Gasteiger partial charge on any atom is 0.338 e. The number of hydrogen-bond donors (Lipinski definition) is 2. The summed E-state index contributed by atoms with van der Waals surface area (Å²) in [6.07, 6.45) is 10.5. The Bertz CT molecular complexity index is 621. The van der Waals surface area contributed by atoms with Gasteiger partial charge in [-0.25, -0.2) is 4.79 Å². The van der Waals surface area contributed by atoms with Crippen molar-refractivity contribution in [2.45, 2.75) is 77.3 Å². The molecule has 1 atom stereocenters. The van der Waals surface area contributed by atoms with Crippen LogP contribution in [0.25, 0.3) is 0 Å². The second-order valence-corrected chi connectivity index (χ2v) is 8.94. The highest BCUT2D eigenvalue weighted by molar-refractivity contribution is 9.10. The summed E-state index contributed by atoms with van der Waals surface area (Å²) in [5.74, 6) is 1.09. The van der Waals surface area contributed by atoms with Crippen LogP contribution in [0.4, 0.5) is 5.69 Å². The number of benzene rings is 1. The molecule has 4 nitrogen and oxygen atoms in total. The minimum absolute atomic E-state index is 0.299. The van der Waals surface area contributed by atoms with Crippen molar-refractivity contribution in [3.05, 3.63) is 27.7 Å². The van der Waals surface area contributed by atoms with Crippen LogP contribution >= 0.6 is 27.5 Å². The van der Waals surface area contributed by atoms with E-state index in [9.17, 15) is 4.79 Å². The van der Waals surface area contributed by atoms with E-state index in [1.54, 1.807) is 6.07 Å². The number of nitrogen functional groups attached to an aromatic ring is 1. The summed E-state index contributed by atoms with van der Waals surface area (Å²) in [6.45, 7) is 3.32. The van der Waals surface area contributed by atoms with E-state index in [4.69, 9.17) is 22.1 Å². The van der Waals surface area contributed by atoms with Crippen molar-refractivity contribution in [1.82, 2.24) is 5.32 Å². The topological polar surface area (TPSA) is 64.3 Å². The first-order valence-electron chi connectivity index (χ1n) is 10.6. The number of ether oxygens (including phenoxy) is 1. The Morgan fingerprint density at radius 3 is 2.71 bits per heavy atom. The molecule has 158 valence electrons. The highest BCUT2D eigenvalue weighted by atomic mass is 79.9. The molecule has 1 aliphatic carbocycles. The number of nitrogens with two attached hydrogens (primary N) is 1. The van der Waals surface area contributed by atoms with Crippen molar-refractivity contribution in [3.8, 4) is 0 Å². The molecule has 0 radical (unpaired) electrons. The third-order valence-corrected chi connectivity index (χ3v) is 6.60. The van der Waals surface area contributed by atoms with E-state index >= 15 is 0 Å². The molecular weight excluding hydrogens is 440 g/mol. The van der Waals surface area contributed by atoms with E-state index in [1.807, 2.05) is 6.07 Å². The van der Waals surface area contributed by atoms with E-state index in [0.717, 1.165) is 41.6 Å². The first-order valence-corrected chi connectivity index (χ1v) is 11.9. The van der Waals surface area contributed by atoms with Crippen LogP contribution in [-0.2, 0) is 11.3 Å². The highest BCUT2D eigenvalue weighted by Crippen LogP contribution is 2.29. The number of carbonyl (C=O) groups excluding carboxylic acids is 1. The molecule has 0 spiro atoms. The van der Waals surface area contributed by atoms with Gasteiger partial charge in [-0.05, 0) is 78.1 Å². The number of unbranched alkanes of at least 4 members (excludes halogenated alkanes) is 2. The molecular formula is C22H34BrClN2O2. The molecule has 28 heavy (non-hydrogen) atoms. The largest absolute Gasteiger partial charge is 0.462 e. The van der Waals surface area contributed by atoms with Gasteiger partial charge in [0.15, 0.2) is 0 Å². The lowest BCUT2D eigenvalue weighted by Gasteiger charge is -2.30. The van der Waals surface area contributed by atoms with Crippen LogP contribution in [0, 0.1) is 5.92 Å². The lowest BCUT2D eigenvalue weighted by Crippen LogP contribution is -2.36. The molecule has 1 saturated carbocycles. The summed E-state index contributed by atoms with van der Waals surface area (Å²) in [5.41, 5.74) is 8.43. The molecule has 3 N–H and O–H groups in total. The maximum atomic E-state index is 12.4. The van der Waals surface area contributed by atoms with Crippen molar-refractivity contribution >= 4 is 39.2 Å². The van der Waals surface area contributed by atoms with Gasteiger partial charge in [0.1, 0.15) is 0 Å². The van der Waals surface area contributed by atoms with Gasteiger partial charge in [-0.15, -0.1) is 11.6 Å². The van der Waals surface area contributed by atoms with Gasteiger partial charge < -0.3 is 15.8 Å². The van der Waals surface area contributed by atoms with Crippen molar-refractivity contribution in [3.63, 3.8) is 0 Å². The van der Waals surface area contributed by atoms with Crippen LogP contribution in [0.2, 0.25) is 0 Å². The van der Waals surface area contributed by atoms with E-state index < -0.39 is 0 Å². The summed E-state index contributed by atoms with van der Waals surface area (Å²) in [6, 6.07) is 4.11. The van der Waals surface area contributed by atoms with E-state index in [0.29, 0.717) is 36.3 Å². The molecule has 0 amide bonds. The second kappa shape index (κ2) is 12.7. The van der Waals surface area contributed by atoms with E-state index in [1.165, 1.54) is 32.1 Å². The fraction of sp³-hybridized carbons (Fsp3) is 0.682. The third-order valence-electron chi connectivity index (χ3n) is 5.68. The Kier molecular flexibility index (Phi) is 10.7. The van der Waals surface area contributed by atoms with Crippen LogP contribution in [0.1, 0.15) is 80.6 Å². The van der Waals surface area contributed by atoms with Gasteiger partial charge in [0.2, 0.25) is 0 Å². The van der Waals surface area contributed by atoms with E-state index in [-0.39, 0.29) is 5.97 Å². The quantitative estimate of drug-likeness (QED) is 0.178. The van der Waals surface area contributed by atoms with Gasteiger partial charge in [0.05, 0.1) is 17.9 Å². The summed E-state index contributed by atoms with van der Waals surface area (Å²) in [5, 5.41) is 3.69. The number of esters is 1. The van der Waals surface area contributed by atoms with Crippen LogP contribution in [-0.4, -0.2) is 24.5 Å². The zero-order valence-corrected chi connectivity index (χ0v) is 19.3.